The highest BCUT2D eigenvalue weighted by Crippen LogP contribution is 2.42. The van der Waals surface area contributed by atoms with Crippen molar-refractivity contribution in [3.05, 3.63) is 101 Å². The van der Waals surface area contributed by atoms with Crippen LogP contribution in [0.3, 0.4) is 0 Å². The molecule has 8 nitrogen and oxygen atoms in total. The van der Waals surface area contributed by atoms with Crippen LogP contribution >= 0.6 is 31.9 Å². The summed E-state index contributed by atoms with van der Waals surface area (Å²) in [7, 11) is 1.49. The minimum Gasteiger partial charge on any atom is -0.493 e. The van der Waals surface area contributed by atoms with E-state index in [1.54, 1.807) is 42.5 Å². The number of H-pyrrole nitrogens is 1. The number of nitrogens with zero attached hydrogens (tertiary/aromatic N) is 3. The normalized spacial score (nSPS) is 11.0. The number of aromatic amines is 1. The number of ether oxygens (including phenoxy) is 2. The van der Waals surface area contributed by atoms with Gasteiger partial charge in [-0.05, 0) is 56.1 Å². The Bertz CT molecular complexity index is 1590. The molecule has 0 saturated carbocycles. The number of rotatable bonds is 6. The highest BCUT2D eigenvalue weighted by atomic mass is 79.9. The fraction of sp³-hybridized carbons (Fsp3) is 0.0833. The van der Waals surface area contributed by atoms with E-state index in [1.165, 1.54) is 13.3 Å². The minimum atomic E-state index is -0.654. The summed E-state index contributed by atoms with van der Waals surface area (Å²) >= 11 is 7.00. The van der Waals surface area contributed by atoms with Crippen molar-refractivity contribution in [2.45, 2.75) is 6.61 Å². The number of halogens is 2. The van der Waals surface area contributed by atoms with Crippen molar-refractivity contribution in [2.24, 2.45) is 5.10 Å². The number of hydrogen-bond donors (Lipinski definition) is 1. The van der Waals surface area contributed by atoms with Crippen LogP contribution in [0.4, 0.5) is 0 Å². The van der Waals surface area contributed by atoms with Gasteiger partial charge in [0.15, 0.2) is 11.5 Å². The minimum absolute atomic E-state index is 0.153. The van der Waals surface area contributed by atoms with E-state index < -0.39 is 11.2 Å². The second-order valence-corrected chi connectivity index (χ2v) is 8.61. The lowest BCUT2D eigenvalue weighted by atomic mass is 10.1. The average molecular weight is 584 g/mol. The molecule has 4 rings (SSSR count). The van der Waals surface area contributed by atoms with Crippen LogP contribution in [0.1, 0.15) is 16.7 Å². The first-order chi connectivity index (χ1) is 16.4. The number of nitriles is 1. The molecule has 4 aromatic rings. The zero-order valence-corrected chi connectivity index (χ0v) is 20.9. The van der Waals surface area contributed by atoms with E-state index in [2.05, 4.69) is 48.0 Å². The fourth-order valence-electron chi connectivity index (χ4n) is 3.27. The number of benzene rings is 3. The highest BCUT2D eigenvalue weighted by molar-refractivity contribution is 9.13. The molecule has 0 spiro atoms. The summed E-state index contributed by atoms with van der Waals surface area (Å²) < 4.78 is 13.3. The van der Waals surface area contributed by atoms with Crippen LogP contribution in [0.2, 0.25) is 0 Å². The lowest BCUT2D eigenvalue weighted by molar-refractivity contribution is 0.282. The van der Waals surface area contributed by atoms with Crippen LogP contribution in [0.15, 0.2) is 78.2 Å². The van der Waals surface area contributed by atoms with E-state index in [0.29, 0.717) is 42.5 Å². The predicted octanol–water partition coefficient (Wildman–Crippen LogP) is 4.56. The van der Waals surface area contributed by atoms with Gasteiger partial charge in [-0.15, -0.1) is 4.68 Å². The monoisotopic (exact) mass is 582 g/mol. The quantitative estimate of drug-likeness (QED) is 0.335. The summed E-state index contributed by atoms with van der Waals surface area (Å²) in [4.78, 5) is 27.7. The topological polar surface area (TPSA) is 109 Å². The van der Waals surface area contributed by atoms with E-state index in [-0.39, 0.29) is 6.61 Å². The van der Waals surface area contributed by atoms with E-state index in [1.807, 2.05) is 12.1 Å². The summed E-state index contributed by atoms with van der Waals surface area (Å²) in [6.45, 7) is 0.153. The third kappa shape index (κ3) is 4.53. The molecule has 0 saturated heterocycles. The third-order valence-electron chi connectivity index (χ3n) is 4.98. The Morgan fingerprint density at radius 2 is 1.85 bits per heavy atom. The van der Waals surface area contributed by atoms with Gasteiger partial charge in [-0.2, -0.15) is 10.4 Å². The number of para-hydroxylation sites is 1. The highest BCUT2D eigenvalue weighted by Gasteiger charge is 2.17. The molecule has 10 heteroatoms. The molecule has 1 aromatic heterocycles. The van der Waals surface area contributed by atoms with E-state index in [0.717, 1.165) is 10.2 Å². The van der Waals surface area contributed by atoms with Crippen molar-refractivity contribution in [2.75, 3.05) is 7.11 Å². The van der Waals surface area contributed by atoms with Gasteiger partial charge in [-0.3, -0.25) is 4.79 Å². The zero-order chi connectivity index (χ0) is 24.2. The Morgan fingerprint density at radius 3 is 2.62 bits per heavy atom. The first-order valence-electron chi connectivity index (χ1n) is 9.89. The van der Waals surface area contributed by atoms with E-state index in [4.69, 9.17) is 9.47 Å². The fourth-order valence-corrected chi connectivity index (χ4v) is 4.20. The summed E-state index contributed by atoms with van der Waals surface area (Å²) in [5.41, 5.74) is 1.04. The van der Waals surface area contributed by atoms with Crippen LogP contribution in [-0.4, -0.2) is 23.0 Å². The second kappa shape index (κ2) is 10.1. The summed E-state index contributed by atoms with van der Waals surface area (Å²) in [5.74, 6) is 0.811. The molecule has 0 amide bonds. The van der Waals surface area contributed by atoms with E-state index in [9.17, 15) is 14.9 Å². The number of nitrogens with one attached hydrogen (secondary N) is 1. The van der Waals surface area contributed by atoms with Crippen molar-refractivity contribution < 1.29 is 9.47 Å². The molecular formula is C24H16Br2N4O4. The Labute approximate surface area is 210 Å². The molecule has 0 radical (unpaired) electrons. The van der Waals surface area contributed by atoms with Crippen molar-refractivity contribution in [3.8, 4) is 17.6 Å². The maximum Gasteiger partial charge on any atom is 0.349 e. The zero-order valence-electron chi connectivity index (χ0n) is 17.7. The SMILES string of the molecule is COc1cc(C=Nn2c(=O)[nH]c3ccccc3c2=O)c(Br)c(Br)c1OCc1ccccc1C#N. The molecule has 170 valence electrons. The van der Waals surface area contributed by atoms with Crippen LogP contribution in [-0.2, 0) is 6.61 Å². The molecule has 34 heavy (non-hydrogen) atoms. The largest absolute Gasteiger partial charge is 0.493 e. The van der Waals surface area contributed by atoms with Crippen LogP contribution in [0.25, 0.3) is 10.9 Å². The number of hydrogen-bond acceptors (Lipinski definition) is 6. The van der Waals surface area contributed by atoms with Gasteiger partial charge in [0.2, 0.25) is 0 Å². The van der Waals surface area contributed by atoms with Crippen molar-refractivity contribution >= 4 is 49.0 Å². The van der Waals surface area contributed by atoms with Gasteiger partial charge in [-0.25, -0.2) is 4.79 Å². The molecule has 3 aromatic carbocycles. The Morgan fingerprint density at radius 1 is 1.12 bits per heavy atom. The van der Waals surface area contributed by atoms with Gasteiger partial charge in [0.1, 0.15) is 6.61 Å². The number of methoxy groups -OCH3 is 1. The summed E-state index contributed by atoms with van der Waals surface area (Å²) in [6, 6.07) is 17.7. The van der Waals surface area contributed by atoms with Gasteiger partial charge >= 0.3 is 5.69 Å². The molecule has 1 heterocycles. The van der Waals surface area contributed by atoms with Crippen molar-refractivity contribution in [3.63, 3.8) is 0 Å². The first kappa shape index (κ1) is 23.5. The molecular weight excluding hydrogens is 568 g/mol. The van der Waals surface area contributed by atoms with Gasteiger partial charge in [-0.1, -0.05) is 30.3 Å². The lowest BCUT2D eigenvalue weighted by Gasteiger charge is -2.15. The molecule has 0 aliphatic rings. The maximum absolute atomic E-state index is 12.7. The van der Waals surface area contributed by atoms with Crippen molar-refractivity contribution in [1.82, 2.24) is 9.66 Å². The van der Waals surface area contributed by atoms with Gasteiger partial charge in [0.25, 0.3) is 5.56 Å². The summed E-state index contributed by atoms with van der Waals surface area (Å²) in [6.07, 6.45) is 1.37. The lowest BCUT2D eigenvalue weighted by Crippen LogP contribution is -2.32. The molecule has 0 aliphatic carbocycles. The molecule has 0 unspecified atom stereocenters. The molecule has 0 fully saturated rings. The number of fused-ring (bicyclic) bond motifs is 1. The van der Waals surface area contributed by atoms with E-state index >= 15 is 0 Å². The third-order valence-corrected chi connectivity index (χ3v) is 7.12. The van der Waals surface area contributed by atoms with Gasteiger partial charge in [0, 0.05) is 15.6 Å². The van der Waals surface area contributed by atoms with Crippen molar-refractivity contribution in [1.29, 1.82) is 5.26 Å². The van der Waals surface area contributed by atoms with Crippen LogP contribution < -0.4 is 20.7 Å². The molecule has 0 atom stereocenters. The molecule has 1 N–H and O–H groups in total. The number of aromatic nitrogens is 2. The molecule has 0 bridgehead atoms. The second-order valence-electron chi connectivity index (χ2n) is 7.02. The standard InChI is InChI=1S/C24H16Br2N4O4/c1-33-19-10-16(12-28-30-23(31)17-8-4-5-9-18(17)29-24(30)32)20(25)21(26)22(19)34-13-15-7-3-2-6-14(15)11-27/h2-10,12H,13H2,1H3,(H,29,32). The van der Waals surface area contributed by atoms with Crippen LogP contribution in [0.5, 0.6) is 11.5 Å². The molecule has 0 aliphatic heterocycles. The summed E-state index contributed by atoms with van der Waals surface area (Å²) in [5, 5.41) is 13.7. The van der Waals surface area contributed by atoms with Crippen LogP contribution in [0, 0.1) is 11.3 Å². The smallest absolute Gasteiger partial charge is 0.349 e. The maximum atomic E-state index is 12.7. The van der Waals surface area contributed by atoms with Gasteiger partial charge < -0.3 is 14.5 Å². The Kier molecular flexibility index (Phi) is 6.95. The Balaban J connectivity index is 1.70. The average Bonchev–Trinajstić information content (AvgIpc) is 2.85. The first-order valence-corrected chi connectivity index (χ1v) is 11.5. The Hall–Kier alpha value is -3.68. The van der Waals surface area contributed by atoms with Gasteiger partial charge in [0.05, 0.1) is 40.3 Å². The predicted molar refractivity (Wildman–Crippen MR) is 136 cm³/mol.